The van der Waals surface area contributed by atoms with Crippen LogP contribution in [0.2, 0.25) is 0 Å². The van der Waals surface area contributed by atoms with Gasteiger partial charge in [0.05, 0.1) is 31.9 Å². The molecule has 0 radical (unpaired) electrons. The molecule has 20 nitrogen and oxygen atoms in total. The number of hydrogen-bond donors (Lipinski definition) is 9. The van der Waals surface area contributed by atoms with Gasteiger partial charge in [0.2, 0.25) is 5.79 Å². The highest BCUT2D eigenvalue weighted by Gasteiger charge is 2.61. The number of azide groups is 2. The molecule has 20 heteroatoms. The van der Waals surface area contributed by atoms with E-state index in [1.807, 2.05) is 0 Å². The minimum Gasteiger partial charge on any atom is -0.394 e. The number of nitrogens with zero attached hydrogens (tertiary/aromatic N) is 6. The monoisotopic (exact) mass is 554 g/mol. The quantitative estimate of drug-likeness (QED) is 0.0694. The molecule has 0 amide bonds. The Kier molecular flexibility index (Phi) is 10.4. The lowest BCUT2D eigenvalue weighted by molar-refractivity contribution is -0.397. The van der Waals surface area contributed by atoms with Gasteiger partial charge in [0.15, 0.2) is 12.6 Å². The number of rotatable bonds is 10. The van der Waals surface area contributed by atoms with Crippen LogP contribution in [-0.4, -0.2) is 158 Å². The summed E-state index contributed by atoms with van der Waals surface area (Å²) in [5.74, 6) is -2.48. The Morgan fingerprint density at radius 3 is 1.66 bits per heavy atom. The molecule has 0 bridgehead atoms. The van der Waals surface area contributed by atoms with Gasteiger partial charge in [-0.05, 0) is 11.1 Å². The minimum atomic E-state index is -2.48. The van der Waals surface area contributed by atoms with E-state index < -0.39 is 112 Å². The zero-order chi connectivity index (χ0) is 28.2. The maximum atomic E-state index is 10.8. The molecular formula is C18H30N6O14. The SMILES string of the molecule is [N-]=[N+]=NC[C@H]1O[C@H](O[C@H]2[C@H](O)[C@@H](CO)O[C@@]2(CO)O[C@H]2O[C@H](CN=[N+]=[N-])[C@@H](O)[C@H](O)[C@H]2O)[C@H](O)[C@@H](O)[C@@H]1O. The van der Waals surface area contributed by atoms with Gasteiger partial charge in [0.25, 0.3) is 0 Å². The summed E-state index contributed by atoms with van der Waals surface area (Å²) in [4.78, 5) is 5.04. The van der Waals surface area contributed by atoms with Crippen LogP contribution in [0.15, 0.2) is 10.2 Å². The third-order valence-electron chi connectivity index (χ3n) is 6.46. The first kappa shape index (κ1) is 30.6. The molecule has 3 heterocycles. The van der Waals surface area contributed by atoms with E-state index in [1.165, 1.54) is 0 Å². The molecule has 0 aromatic carbocycles. The van der Waals surface area contributed by atoms with Gasteiger partial charge in [-0.25, -0.2) is 0 Å². The number of hydrogen-bond acceptors (Lipinski definition) is 16. The predicted molar refractivity (Wildman–Crippen MR) is 115 cm³/mol. The van der Waals surface area contributed by atoms with E-state index in [0.29, 0.717) is 0 Å². The molecule has 3 aliphatic heterocycles. The zero-order valence-corrected chi connectivity index (χ0v) is 19.6. The first-order valence-electron chi connectivity index (χ1n) is 11.4. The van der Waals surface area contributed by atoms with E-state index in [1.54, 1.807) is 0 Å². The maximum absolute atomic E-state index is 10.8. The highest BCUT2D eigenvalue weighted by atomic mass is 16.8. The lowest BCUT2D eigenvalue weighted by Crippen LogP contribution is -2.64. The maximum Gasteiger partial charge on any atom is 0.224 e. The molecule has 216 valence electrons. The summed E-state index contributed by atoms with van der Waals surface area (Å²) in [7, 11) is 0. The van der Waals surface area contributed by atoms with Gasteiger partial charge >= 0.3 is 0 Å². The molecule has 38 heavy (non-hydrogen) atoms. The Hall–Kier alpha value is -1.94. The van der Waals surface area contributed by atoms with Crippen LogP contribution < -0.4 is 0 Å². The smallest absolute Gasteiger partial charge is 0.224 e. The van der Waals surface area contributed by atoms with Gasteiger partial charge in [0.1, 0.15) is 61.5 Å². The van der Waals surface area contributed by atoms with Crippen molar-refractivity contribution in [3.05, 3.63) is 20.9 Å². The fourth-order valence-corrected chi connectivity index (χ4v) is 4.36. The molecule has 0 saturated carbocycles. The normalized spacial score (nSPS) is 47.2. The summed E-state index contributed by atoms with van der Waals surface area (Å²) >= 11 is 0. The fraction of sp³-hybridized carbons (Fsp3) is 1.00. The Morgan fingerprint density at radius 2 is 1.18 bits per heavy atom. The minimum absolute atomic E-state index is 0.485. The highest BCUT2D eigenvalue weighted by molar-refractivity contribution is 5.01. The Bertz CT molecular complexity index is 894. The molecule has 14 atom stereocenters. The van der Waals surface area contributed by atoms with Gasteiger partial charge in [-0.1, -0.05) is 10.2 Å². The van der Waals surface area contributed by atoms with E-state index in [9.17, 15) is 46.0 Å². The lowest BCUT2D eigenvalue weighted by Gasteiger charge is -2.45. The molecule has 0 unspecified atom stereocenters. The Morgan fingerprint density at radius 1 is 0.684 bits per heavy atom. The molecule has 3 fully saturated rings. The van der Waals surface area contributed by atoms with Crippen LogP contribution in [0.1, 0.15) is 0 Å². The van der Waals surface area contributed by atoms with Crippen molar-refractivity contribution in [2.24, 2.45) is 10.2 Å². The van der Waals surface area contributed by atoms with E-state index in [2.05, 4.69) is 20.1 Å². The topological polar surface area (TPSA) is 326 Å². The van der Waals surface area contributed by atoms with Gasteiger partial charge in [-0.2, -0.15) is 0 Å². The molecule has 3 saturated heterocycles. The third-order valence-corrected chi connectivity index (χ3v) is 6.46. The summed E-state index contributed by atoms with van der Waals surface area (Å²) in [6.45, 7) is -2.96. The number of aliphatic hydroxyl groups is 9. The van der Waals surface area contributed by atoms with E-state index in [-0.39, 0.29) is 0 Å². The van der Waals surface area contributed by atoms with Crippen LogP contribution in [0, 0.1) is 0 Å². The molecule has 3 aliphatic rings. The average Bonchev–Trinajstić information content (AvgIpc) is 3.18. The van der Waals surface area contributed by atoms with Crippen LogP contribution in [0.5, 0.6) is 0 Å². The first-order chi connectivity index (χ1) is 18.0. The molecule has 0 aromatic heterocycles. The van der Waals surface area contributed by atoms with Crippen molar-refractivity contribution in [1.29, 1.82) is 0 Å². The second-order valence-electron chi connectivity index (χ2n) is 8.83. The number of aliphatic hydroxyl groups excluding tert-OH is 9. The summed E-state index contributed by atoms with van der Waals surface area (Å²) in [6, 6.07) is 0. The van der Waals surface area contributed by atoms with Crippen molar-refractivity contribution in [2.75, 3.05) is 26.3 Å². The molecular weight excluding hydrogens is 524 g/mol. The van der Waals surface area contributed by atoms with Crippen molar-refractivity contribution >= 4 is 0 Å². The van der Waals surface area contributed by atoms with Gasteiger partial charge in [0, 0.05) is 9.82 Å². The van der Waals surface area contributed by atoms with Gasteiger partial charge in [-0.3, -0.25) is 0 Å². The third kappa shape index (κ3) is 5.96. The summed E-state index contributed by atoms with van der Waals surface area (Å²) < 4.78 is 27.5. The van der Waals surface area contributed by atoms with Crippen LogP contribution in [0.4, 0.5) is 0 Å². The van der Waals surface area contributed by atoms with Crippen LogP contribution in [0.3, 0.4) is 0 Å². The molecule has 0 spiro atoms. The zero-order valence-electron chi connectivity index (χ0n) is 19.6. The van der Waals surface area contributed by atoms with Crippen molar-refractivity contribution in [2.45, 2.75) is 85.5 Å². The van der Waals surface area contributed by atoms with Crippen molar-refractivity contribution < 1.29 is 69.6 Å². The van der Waals surface area contributed by atoms with Crippen molar-refractivity contribution in [3.8, 4) is 0 Å². The van der Waals surface area contributed by atoms with E-state index in [4.69, 9.17) is 34.7 Å². The largest absolute Gasteiger partial charge is 0.394 e. The van der Waals surface area contributed by atoms with Crippen LogP contribution in [0.25, 0.3) is 20.9 Å². The highest BCUT2D eigenvalue weighted by Crippen LogP contribution is 2.39. The Labute approximate surface area is 213 Å². The van der Waals surface area contributed by atoms with Crippen LogP contribution >= 0.6 is 0 Å². The second kappa shape index (κ2) is 12.9. The second-order valence-corrected chi connectivity index (χ2v) is 8.83. The molecule has 0 aromatic rings. The van der Waals surface area contributed by atoms with Crippen LogP contribution in [-0.2, 0) is 23.7 Å². The van der Waals surface area contributed by atoms with Crippen molar-refractivity contribution in [3.63, 3.8) is 0 Å². The number of ether oxygens (including phenoxy) is 5. The first-order valence-corrected chi connectivity index (χ1v) is 11.4. The summed E-state index contributed by atoms with van der Waals surface area (Å²) in [6.07, 6.45) is -22.7. The van der Waals surface area contributed by atoms with E-state index >= 15 is 0 Å². The Balaban J connectivity index is 1.88. The molecule has 0 aliphatic carbocycles. The fourth-order valence-electron chi connectivity index (χ4n) is 4.36. The van der Waals surface area contributed by atoms with Crippen molar-refractivity contribution in [1.82, 2.24) is 0 Å². The molecule has 9 N–H and O–H groups in total. The standard InChI is InChI=1S/C18H30N6O14/c19-23-21-1-5-8(27)11(30)13(32)16(34-5)36-15-10(29)7(3-25)37-18(15,4-26)38-17-14(33)12(31)9(28)6(35-17)2-22-24-20/h5-17,25-33H,1-4H2/t5-,6-,7-,8-,9-,10-,11+,12+,13-,14-,15+,16-,17-,18+/m1/s1. The molecule has 3 rings (SSSR count). The van der Waals surface area contributed by atoms with E-state index in [0.717, 1.165) is 0 Å². The summed E-state index contributed by atoms with van der Waals surface area (Å²) in [5, 5.41) is 98.6. The predicted octanol–water partition coefficient (Wildman–Crippen LogP) is -4.94. The lowest BCUT2D eigenvalue weighted by atomic mass is 9.97. The summed E-state index contributed by atoms with van der Waals surface area (Å²) in [5.41, 5.74) is 17.1. The average molecular weight is 554 g/mol. The van der Waals surface area contributed by atoms with Gasteiger partial charge in [-0.15, -0.1) is 0 Å². The van der Waals surface area contributed by atoms with Gasteiger partial charge < -0.3 is 69.6 Å².